The Bertz CT molecular complexity index is 861. The number of hydrogen-bond donors (Lipinski definition) is 2. The van der Waals surface area contributed by atoms with E-state index in [2.05, 4.69) is 24.1 Å². The molecule has 0 saturated heterocycles. The van der Waals surface area contributed by atoms with E-state index >= 15 is 0 Å². The fourth-order valence-corrected chi connectivity index (χ4v) is 3.81. The van der Waals surface area contributed by atoms with E-state index < -0.39 is 0 Å². The quantitative estimate of drug-likeness (QED) is 0.632. The Hall–Kier alpha value is -2.53. The van der Waals surface area contributed by atoms with Gasteiger partial charge in [-0.05, 0) is 61.9 Å². The number of benzene rings is 1. The molecule has 0 bridgehead atoms. The third kappa shape index (κ3) is 3.52. The van der Waals surface area contributed by atoms with Gasteiger partial charge in [-0.3, -0.25) is 14.6 Å². The van der Waals surface area contributed by atoms with E-state index in [1.807, 2.05) is 12.1 Å². The van der Waals surface area contributed by atoms with Crippen LogP contribution in [0.5, 0.6) is 0 Å². The molecule has 1 aliphatic rings. The van der Waals surface area contributed by atoms with Crippen LogP contribution in [0.15, 0.2) is 30.5 Å². The minimum atomic E-state index is -0.151. The Morgan fingerprint density at radius 1 is 1.11 bits per heavy atom. The number of anilines is 1. The Morgan fingerprint density at radius 3 is 2.63 bits per heavy atom. The van der Waals surface area contributed by atoms with Crippen molar-refractivity contribution in [3.63, 3.8) is 0 Å². The van der Waals surface area contributed by atoms with Crippen molar-refractivity contribution in [1.82, 2.24) is 4.98 Å². The molecule has 27 heavy (non-hydrogen) atoms. The molecule has 1 atom stereocenters. The molecule has 1 heterocycles. The Kier molecular flexibility index (Phi) is 6.01. The van der Waals surface area contributed by atoms with Crippen molar-refractivity contribution in [2.24, 2.45) is 5.73 Å². The lowest BCUT2D eigenvalue weighted by molar-refractivity contribution is 0.0974. The smallest absolute Gasteiger partial charge is 0.213 e. The van der Waals surface area contributed by atoms with Gasteiger partial charge in [0.1, 0.15) is 5.69 Å². The highest BCUT2D eigenvalue weighted by Crippen LogP contribution is 2.38. The van der Waals surface area contributed by atoms with Crippen LogP contribution in [0.1, 0.15) is 83.0 Å². The molecule has 0 amide bonds. The molecule has 0 spiro atoms. The van der Waals surface area contributed by atoms with Gasteiger partial charge in [0.15, 0.2) is 5.78 Å². The lowest BCUT2D eigenvalue weighted by Gasteiger charge is -2.26. The normalized spacial score (nSPS) is 13.9. The van der Waals surface area contributed by atoms with Crippen LogP contribution in [0.2, 0.25) is 0 Å². The topological polar surface area (TPSA) is 85.1 Å². The minimum Gasteiger partial charge on any atom is -0.384 e. The summed E-state index contributed by atoms with van der Waals surface area (Å²) in [5.74, 6) is -0.0760. The minimum absolute atomic E-state index is 0.123. The molecule has 0 fully saturated rings. The first-order valence-corrected chi connectivity index (χ1v) is 9.79. The fourth-order valence-electron chi connectivity index (χ4n) is 3.81. The number of pyridine rings is 1. The summed E-state index contributed by atoms with van der Waals surface area (Å²) in [6.45, 7) is 5.54. The fraction of sp³-hybridized carbons (Fsp3) is 0.409. The molecule has 1 unspecified atom stereocenters. The molecule has 5 nitrogen and oxygen atoms in total. The summed E-state index contributed by atoms with van der Waals surface area (Å²) in [5, 5.41) is 3.32. The second kappa shape index (κ2) is 8.44. The number of carbonyl (C=O) groups is 2. The van der Waals surface area contributed by atoms with Gasteiger partial charge in [-0.25, -0.2) is 0 Å². The molecule has 2 aromatic rings. The predicted octanol–water partition coefficient (Wildman–Crippen LogP) is 3.91. The number of nitrogens with two attached hydrogens (primary N) is 1. The Labute approximate surface area is 160 Å². The zero-order valence-corrected chi connectivity index (χ0v) is 16.0. The average Bonchev–Trinajstić information content (AvgIpc) is 2.71. The maximum atomic E-state index is 13.3. The summed E-state index contributed by atoms with van der Waals surface area (Å²) in [7, 11) is 0. The van der Waals surface area contributed by atoms with Crippen LogP contribution in [0.3, 0.4) is 0 Å². The monoisotopic (exact) mass is 365 g/mol. The first kappa shape index (κ1) is 19.2. The number of nitrogens with zero attached hydrogens (tertiary/aromatic N) is 1. The second-order valence-corrected chi connectivity index (χ2v) is 6.97. The van der Waals surface area contributed by atoms with Gasteiger partial charge in [-0.15, -0.1) is 0 Å². The summed E-state index contributed by atoms with van der Waals surface area (Å²) in [6, 6.07) is 7.34. The zero-order chi connectivity index (χ0) is 19.4. The van der Waals surface area contributed by atoms with E-state index in [-0.39, 0.29) is 23.2 Å². The van der Waals surface area contributed by atoms with E-state index in [9.17, 15) is 9.59 Å². The number of fused-ring (bicyclic) bond motifs is 2. The third-order valence-corrected chi connectivity index (χ3v) is 5.21. The van der Waals surface area contributed by atoms with Crippen molar-refractivity contribution in [1.29, 1.82) is 0 Å². The molecular weight excluding hydrogens is 338 g/mol. The SMILES string of the molecule is CCCNc1ccc(C(CC)CCCN)c2c1C(=O)c1cccnc1C2=O. The molecule has 0 saturated carbocycles. The summed E-state index contributed by atoms with van der Waals surface area (Å²) < 4.78 is 0. The van der Waals surface area contributed by atoms with Crippen molar-refractivity contribution >= 4 is 17.3 Å². The van der Waals surface area contributed by atoms with Gasteiger partial charge in [0.2, 0.25) is 5.78 Å². The highest BCUT2D eigenvalue weighted by molar-refractivity contribution is 6.30. The number of aromatic nitrogens is 1. The van der Waals surface area contributed by atoms with Crippen LogP contribution in [-0.2, 0) is 0 Å². The van der Waals surface area contributed by atoms with Gasteiger partial charge in [0, 0.05) is 24.0 Å². The lowest BCUT2D eigenvalue weighted by atomic mass is 9.78. The molecule has 0 aliphatic heterocycles. The number of ketones is 2. The molecule has 3 rings (SSSR count). The van der Waals surface area contributed by atoms with Crippen LogP contribution in [0, 0.1) is 0 Å². The van der Waals surface area contributed by atoms with Crippen LogP contribution in [0.25, 0.3) is 0 Å². The Balaban J connectivity index is 2.19. The van der Waals surface area contributed by atoms with E-state index in [1.165, 1.54) is 0 Å². The highest BCUT2D eigenvalue weighted by Gasteiger charge is 2.35. The standard InChI is InChI=1S/C22H27N3O2/c1-3-12-24-17-10-9-15(14(4-2)7-5-11-23)18-19(17)21(26)16-8-6-13-25-20(16)22(18)27/h6,8-10,13-14,24H,3-5,7,11-12,23H2,1-2H3. The van der Waals surface area contributed by atoms with Crippen molar-refractivity contribution in [3.05, 3.63) is 58.4 Å². The van der Waals surface area contributed by atoms with Gasteiger partial charge in [-0.2, -0.15) is 0 Å². The number of rotatable bonds is 8. The molecule has 1 aliphatic carbocycles. The van der Waals surface area contributed by atoms with Gasteiger partial charge >= 0.3 is 0 Å². The van der Waals surface area contributed by atoms with Crippen molar-refractivity contribution in [3.8, 4) is 0 Å². The number of hydrogen-bond acceptors (Lipinski definition) is 5. The van der Waals surface area contributed by atoms with Crippen LogP contribution in [-0.4, -0.2) is 29.6 Å². The average molecular weight is 365 g/mol. The van der Waals surface area contributed by atoms with Crippen molar-refractivity contribution in [2.75, 3.05) is 18.4 Å². The van der Waals surface area contributed by atoms with Gasteiger partial charge in [0.05, 0.1) is 11.1 Å². The molecule has 3 N–H and O–H groups in total. The molecule has 1 aromatic heterocycles. The molecule has 142 valence electrons. The molecule has 1 aromatic carbocycles. The first-order chi connectivity index (χ1) is 13.1. The maximum absolute atomic E-state index is 13.3. The van der Waals surface area contributed by atoms with Gasteiger partial charge in [-0.1, -0.05) is 19.9 Å². The maximum Gasteiger partial charge on any atom is 0.213 e. The molecule has 5 heteroatoms. The molecule has 0 radical (unpaired) electrons. The largest absolute Gasteiger partial charge is 0.384 e. The van der Waals surface area contributed by atoms with Crippen molar-refractivity contribution in [2.45, 2.75) is 45.4 Å². The summed E-state index contributed by atoms with van der Waals surface area (Å²) in [6.07, 6.45) is 5.19. The van der Waals surface area contributed by atoms with Crippen LogP contribution >= 0.6 is 0 Å². The number of carbonyl (C=O) groups excluding carboxylic acids is 2. The van der Waals surface area contributed by atoms with E-state index in [0.717, 1.165) is 43.5 Å². The number of nitrogens with one attached hydrogen (secondary N) is 1. The second-order valence-electron chi connectivity index (χ2n) is 6.97. The first-order valence-electron chi connectivity index (χ1n) is 9.79. The van der Waals surface area contributed by atoms with E-state index in [0.29, 0.717) is 23.2 Å². The summed E-state index contributed by atoms with van der Waals surface area (Å²) in [5.41, 5.74) is 9.05. The van der Waals surface area contributed by atoms with Crippen molar-refractivity contribution < 1.29 is 9.59 Å². The van der Waals surface area contributed by atoms with Gasteiger partial charge in [0.25, 0.3) is 0 Å². The predicted molar refractivity (Wildman–Crippen MR) is 108 cm³/mol. The summed E-state index contributed by atoms with van der Waals surface area (Å²) >= 11 is 0. The third-order valence-electron chi connectivity index (χ3n) is 5.21. The zero-order valence-electron chi connectivity index (χ0n) is 16.0. The molecular formula is C22H27N3O2. The highest BCUT2D eigenvalue weighted by atomic mass is 16.1. The Morgan fingerprint density at radius 2 is 1.93 bits per heavy atom. The van der Waals surface area contributed by atoms with Gasteiger partial charge < -0.3 is 11.1 Å². The van der Waals surface area contributed by atoms with Crippen LogP contribution in [0.4, 0.5) is 5.69 Å². The van der Waals surface area contributed by atoms with Crippen LogP contribution < -0.4 is 11.1 Å². The van der Waals surface area contributed by atoms with E-state index in [4.69, 9.17) is 5.73 Å². The van der Waals surface area contributed by atoms with E-state index in [1.54, 1.807) is 18.3 Å². The summed E-state index contributed by atoms with van der Waals surface area (Å²) in [4.78, 5) is 30.8. The lowest BCUT2D eigenvalue weighted by Crippen LogP contribution is -2.26.